The quantitative estimate of drug-likeness (QED) is 0.653. The fourth-order valence-corrected chi connectivity index (χ4v) is 1.54. The number of carbonyl (C=O) groups excluding carboxylic acids is 1. The Morgan fingerprint density at radius 3 is 2.75 bits per heavy atom. The van der Waals surface area contributed by atoms with Crippen molar-refractivity contribution in [3.05, 3.63) is 67.0 Å². The van der Waals surface area contributed by atoms with E-state index in [0.29, 0.717) is 12.1 Å². The van der Waals surface area contributed by atoms with Gasteiger partial charge in [-0.05, 0) is 26.0 Å². The first-order valence-corrected chi connectivity index (χ1v) is 6.72. The summed E-state index contributed by atoms with van der Waals surface area (Å²) in [4.78, 5) is 16.0. The average Bonchev–Trinajstić information content (AvgIpc) is 2.50. The zero-order valence-electron chi connectivity index (χ0n) is 12.6. The Morgan fingerprint density at radius 2 is 2.15 bits per heavy atom. The first-order chi connectivity index (χ1) is 9.69. The van der Waals surface area contributed by atoms with Gasteiger partial charge in [0.15, 0.2) is 0 Å². The SMILES string of the molecule is C/C=C\C=C/C(C)c1cc(C(=O)NCC)ccn1.C=C. The second-order valence-electron chi connectivity index (χ2n) is 4.03. The summed E-state index contributed by atoms with van der Waals surface area (Å²) in [6.07, 6.45) is 9.68. The van der Waals surface area contributed by atoms with Crippen LogP contribution in [0, 0.1) is 0 Å². The summed E-state index contributed by atoms with van der Waals surface area (Å²) in [6.45, 7) is 12.6. The van der Waals surface area contributed by atoms with Crippen LogP contribution in [0.25, 0.3) is 0 Å². The molecule has 1 aromatic rings. The molecule has 0 aliphatic rings. The van der Waals surface area contributed by atoms with E-state index in [0.717, 1.165) is 5.69 Å². The minimum Gasteiger partial charge on any atom is -0.352 e. The second kappa shape index (κ2) is 10.7. The van der Waals surface area contributed by atoms with E-state index in [9.17, 15) is 4.79 Å². The summed E-state index contributed by atoms with van der Waals surface area (Å²) in [5.74, 6) is 0.140. The largest absolute Gasteiger partial charge is 0.352 e. The van der Waals surface area contributed by atoms with Gasteiger partial charge in [-0.3, -0.25) is 9.78 Å². The Hall–Kier alpha value is -2.16. The predicted molar refractivity (Wildman–Crippen MR) is 85.9 cm³/mol. The number of pyridine rings is 1. The van der Waals surface area contributed by atoms with Crippen molar-refractivity contribution < 1.29 is 4.79 Å². The molecule has 0 aliphatic carbocycles. The van der Waals surface area contributed by atoms with Crippen LogP contribution in [0.3, 0.4) is 0 Å². The highest BCUT2D eigenvalue weighted by molar-refractivity contribution is 5.94. The van der Waals surface area contributed by atoms with Crippen LogP contribution in [0.5, 0.6) is 0 Å². The number of carbonyl (C=O) groups is 1. The molecule has 1 amide bonds. The first kappa shape index (κ1) is 17.8. The molecule has 1 heterocycles. The Balaban J connectivity index is 0.00000172. The molecule has 0 aliphatic heterocycles. The van der Waals surface area contributed by atoms with E-state index in [1.807, 2.05) is 38.1 Å². The van der Waals surface area contributed by atoms with Crippen molar-refractivity contribution in [3.8, 4) is 0 Å². The van der Waals surface area contributed by atoms with Gasteiger partial charge in [0.05, 0.1) is 0 Å². The zero-order valence-corrected chi connectivity index (χ0v) is 12.6. The fourth-order valence-electron chi connectivity index (χ4n) is 1.54. The maximum Gasteiger partial charge on any atom is 0.251 e. The number of nitrogens with one attached hydrogen (secondary N) is 1. The minimum absolute atomic E-state index is 0.0502. The number of hydrogen-bond donors (Lipinski definition) is 1. The van der Waals surface area contributed by atoms with Gasteiger partial charge in [0.1, 0.15) is 0 Å². The van der Waals surface area contributed by atoms with Crippen molar-refractivity contribution in [2.24, 2.45) is 0 Å². The van der Waals surface area contributed by atoms with E-state index in [1.165, 1.54) is 0 Å². The number of allylic oxidation sites excluding steroid dienone is 4. The van der Waals surface area contributed by atoms with Crippen LogP contribution in [-0.4, -0.2) is 17.4 Å². The van der Waals surface area contributed by atoms with Gasteiger partial charge in [-0.25, -0.2) is 0 Å². The van der Waals surface area contributed by atoms with Gasteiger partial charge in [-0.15, -0.1) is 13.2 Å². The Labute approximate surface area is 122 Å². The van der Waals surface area contributed by atoms with E-state index >= 15 is 0 Å². The molecule has 3 nitrogen and oxygen atoms in total. The maximum atomic E-state index is 11.7. The van der Waals surface area contributed by atoms with Gasteiger partial charge >= 0.3 is 0 Å². The molecule has 3 heteroatoms. The Bertz CT molecular complexity index is 464. The fraction of sp³-hybridized carbons (Fsp3) is 0.294. The molecule has 0 radical (unpaired) electrons. The lowest BCUT2D eigenvalue weighted by atomic mass is 10.0. The van der Waals surface area contributed by atoms with Crippen LogP contribution in [0.2, 0.25) is 0 Å². The van der Waals surface area contributed by atoms with E-state index in [4.69, 9.17) is 0 Å². The molecule has 20 heavy (non-hydrogen) atoms. The Morgan fingerprint density at radius 1 is 1.45 bits per heavy atom. The highest BCUT2D eigenvalue weighted by Crippen LogP contribution is 2.15. The van der Waals surface area contributed by atoms with Crippen LogP contribution in [-0.2, 0) is 0 Å². The van der Waals surface area contributed by atoms with E-state index in [-0.39, 0.29) is 11.8 Å². The van der Waals surface area contributed by atoms with Gasteiger partial charge < -0.3 is 5.32 Å². The molecule has 0 aromatic carbocycles. The highest BCUT2D eigenvalue weighted by Gasteiger charge is 2.08. The molecule has 0 fully saturated rings. The van der Waals surface area contributed by atoms with Crippen molar-refractivity contribution in [1.29, 1.82) is 0 Å². The van der Waals surface area contributed by atoms with E-state index in [1.54, 1.807) is 12.3 Å². The number of hydrogen-bond acceptors (Lipinski definition) is 2. The number of nitrogens with zero attached hydrogens (tertiary/aromatic N) is 1. The second-order valence-corrected chi connectivity index (χ2v) is 4.03. The molecule has 1 atom stereocenters. The average molecular weight is 272 g/mol. The maximum absolute atomic E-state index is 11.7. The van der Waals surface area contributed by atoms with Crippen molar-refractivity contribution in [2.75, 3.05) is 6.54 Å². The summed E-state index contributed by atoms with van der Waals surface area (Å²) in [6, 6.07) is 3.58. The lowest BCUT2D eigenvalue weighted by Gasteiger charge is -2.07. The van der Waals surface area contributed by atoms with Crippen LogP contribution in [0.4, 0.5) is 0 Å². The summed E-state index contributed by atoms with van der Waals surface area (Å²) < 4.78 is 0. The molecule has 108 valence electrons. The van der Waals surface area contributed by atoms with Crippen LogP contribution in [0.1, 0.15) is 42.7 Å². The molecule has 0 saturated heterocycles. The molecule has 1 unspecified atom stereocenters. The Kier molecular flexibility index (Phi) is 9.57. The molecule has 0 saturated carbocycles. The summed E-state index contributed by atoms with van der Waals surface area (Å²) in [5, 5.41) is 2.78. The topological polar surface area (TPSA) is 42.0 Å². The van der Waals surface area contributed by atoms with E-state index in [2.05, 4.69) is 36.5 Å². The molecule has 1 aromatic heterocycles. The molecule has 1 N–H and O–H groups in total. The number of amides is 1. The van der Waals surface area contributed by atoms with Crippen LogP contribution < -0.4 is 5.32 Å². The zero-order chi connectivity index (χ0) is 15.4. The van der Waals surface area contributed by atoms with Crippen molar-refractivity contribution >= 4 is 5.91 Å². The van der Waals surface area contributed by atoms with Gasteiger partial charge in [0.2, 0.25) is 0 Å². The molecule has 1 rings (SSSR count). The molecular weight excluding hydrogens is 248 g/mol. The molecule has 0 spiro atoms. The van der Waals surface area contributed by atoms with Crippen LogP contribution in [0.15, 0.2) is 55.8 Å². The third-order valence-corrected chi connectivity index (χ3v) is 2.55. The van der Waals surface area contributed by atoms with Gasteiger partial charge in [-0.1, -0.05) is 31.2 Å². The van der Waals surface area contributed by atoms with Crippen LogP contribution >= 0.6 is 0 Å². The van der Waals surface area contributed by atoms with Crippen molar-refractivity contribution in [2.45, 2.75) is 26.7 Å². The monoisotopic (exact) mass is 272 g/mol. The summed E-state index contributed by atoms with van der Waals surface area (Å²) >= 11 is 0. The number of rotatable bonds is 5. The lowest BCUT2D eigenvalue weighted by molar-refractivity contribution is 0.0955. The molecule has 0 bridgehead atoms. The number of aromatic nitrogens is 1. The normalized spacial score (nSPS) is 11.9. The lowest BCUT2D eigenvalue weighted by Crippen LogP contribution is -2.22. The standard InChI is InChI=1S/C15H20N2O.C2H4/c1-4-6-7-8-12(3)14-11-13(9-10-17-14)15(18)16-5-2;1-2/h4,6-12H,5H2,1-3H3,(H,16,18);1-2H2/b6-4-,8-7-;. The third kappa shape index (κ3) is 6.14. The molecular formula is C17H24N2O. The minimum atomic E-state index is -0.0502. The first-order valence-electron chi connectivity index (χ1n) is 6.72. The van der Waals surface area contributed by atoms with Gasteiger partial charge in [-0.2, -0.15) is 0 Å². The third-order valence-electron chi connectivity index (χ3n) is 2.55. The van der Waals surface area contributed by atoms with Gasteiger partial charge in [0, 0.05) is 29.9 Å². The van der Waals surface area contributed by atoms with Gasteiger partial charge in [0.25, 0.3) is 5.91 Å². The highest BCUT2D eigenvalue weighted by atomic mass is 16.1. The smallest absolute Gasteiger partial charge is 0.251 e. The summed E-state index contributed by atoms with van der Waals surface area (Å²) in [7, 11) is 0. The van der Waals surface area contributed by atoms with E-state index < -0.39 is 0 Å². The summed E-state index contributed by atoms with van der Waals surface area (Å²) in [5.41, 5.74) is 1.56. The van der Waals surface area contributed by atoms with Crippen molar-refractivity contribution in [3.63, 3.8) is 0 Å². The van der Waals surface area contributed by atoms with Crippen molar-refractivity contribution in [1.82, 2.24) is 10.3 Å². The predicted octanol–water partition coefficient (Wildman–Crippen LogP) is 3.87.